The number of carboxylic acids is 1. The summed E-state index contributed by atoms with van der Waals surface area (Å²) < 4.78 is 26.8. The number of nitrogens with zero attached hydrogens (tertiary/aromatic N) is 1. The first kappa shape index (κ1) is 20.6. The number of carbonyl (C=O) groups is 2. The van der Waals surface area contributed by atoms with E-state index in [0.29, 0.717) is 13.1 Å². The van der Waals surface area contributed by atoms with E-state index < -0.39 is 34.0 Å². The smallest absolute Gasteiger partial charge is 0.328 e. The van der Waals surface area contributed by atoms with Crippen molar-refractivity contribution in [3.63, 3.8) is 0 Å². The number of aliphatic hydroxyl groups excluding tert-OH is 1. The minimum Gasteiger partial charge on any atom is -0.480 e. The molecular weight excluding hydrogens is 384 g/mol. The number of halogens is 1. The van der Waals surface area contributed by atoms with Gasteiger partial charge in [-0.2, -0.15) is 4.31 Å². The van der Waals surface area contributed by atoms with Crippen LogP contribution in [-0.2, 0) is 14.8 Å². The molecule has 10 heteroatoms. The van der Waals surface area contributed by atoms with Crippen LogP contribution in [0.2, 0.25) is 5.02 Å². The van der Waals surface area contributed by atoms with E-state index in [1.54, 1.807) is 0 Å². The van der Waals surface area contributed by atoms with Gasteiger partial charge < -0.3 is 15.5 Å². The Morgan fingerprint density at radius 2 is 1.85 bits per heavy atom. The van der Waals surface area contributed by atoms with E-state index in [4.69, 9.17) is 16.7 Å². The average Bonchev–Trinajstić information content (AvgIpc) is 2.59. The number of amides is 1. The zero-order valence-electron chi connectivity index (χ0n) is 14.2. The predicted octanol–water partition coefficient (Wildman–Crippen LogP) is 1.08. The molecule has 0 aromatic heterocycles. The Labute approximate surface area is 156 Å². The quantitative estimate of drug-likeness (QED) is 0.651. The summed E-state index contributed by atoms with van der Waals surface area (Å²) in [6.45, 7) is 2.04. The molecule has 0 radical (unpaired) electrons. The zero-order chi connectivity index (χ0) is 19.5. The maximum absolute atomic E-state index is 12.7. The van der Waals surface area contributed by atoms with Gasteiger partial charge in [0, 0.05) is 13.1 Å². The van der Waals surface area contributed by atoms with Crippen molar-refractivity contribution in [2.45, 2.75) is 43.2 Å². The van der Waals surface area contributed by atoms with E-state index in [0.717, 1.165) is 25.3 Å². The van der Waals surface area contributed by atoms with E-state index in [-0.39, 0.29) is 15.5 Å². The molecule has 0 bridgehead atoms. The molecule has 0 spiro atoms. The van der Waals surface area contributed by atoms with Gasteiger partial charge >= 0.3 is 5.97 Å². The summed E-state index contributed by atoms with van der Waals surface area (Å²) in [5.41, 5.74) is -0.170. The van der Waals surface area contributed by atoms with Crippen molar-refractivity contribution in [1.82, 2.24) is 9.62 Å². The zero-order valence-corrected chi connectivity index (χ0v) is 15.8. The number of piperidine rings is 1. The van der Waals surface area contributed by atoms with Crippen LogP contribution in [0, 0.1) is 0 Å². The van der Waals surface area contributed by atoms with Crippen LogP contribution in [0.4, 0.5) is 0 Å². The Bertz CT molecular complexity index is 790. The Kier molecular flexibility index (Phi) is 6.62. The Morgan fingerprint density at radius 1 is 1.23 bits per heavy atom. The summed E-state index contributed by atoms with van der Waals surface area (Å²) in [6.07, 6.45) is 1.18. The van der Waals surface area contributed by atoms with Crippen LogP contribution in [0.15, 0.2) is 23.1 Å². The number of aliphatic carboxylic acids is 1. The van der Waals surface area contributed by atoms with E-state index in [9.17, 15) is 23.1 Å². The van der Waals surface area contributed by atoms with Crippen LogP contribution in [0.5, 0.6) is 0 Å². The monoisotopic (exact) mass is 404 g/mol. The van der Waals surface area contributed by atoms with Crippen molar-refractivity contribution < 1.29 is 28.2 Å². The summed E-state index contributed by atoms with van der Waals surface area (Å²) in [5, 5.41) is 20.7. The molecule has 1 aliphatic rings. The molecule has 3 N–H and O–H groups in total. The van der Waals surface area contributed by atoms with Crippen molar-refractivity contribution in [2.24, 2.45) is 0 Å². The Morgan fingerprint density at radius 3 is 2.38 bits per heavy atom. The molecule has 0 saturated carbocycles. The SMILES string of the molecule is C[C@@H](O)[C@@H](NC(=O)c1cc(S(=O)(=O)N2CCCCC2)ccc1Cl)C(=O)O. The fraction of sp³-hybridized carbons (Fsp3) is 0.500. The second-order valence-electron chi connectivity index (χ2n) is 6.14. The topological polar surface area (TPSA) is 124 Å². The van der Waals surface area contributed by atoms with Crippen LogP contribution in [0.1, 0.15) is 36.5 Å². The number of nitrogens with one attached hydrogen (secondary N) is 1. The van der Waals surface area contributed by atoms with Gasteiger partial charge in [-0.05, 0) is 38.0 Å². The largest absolute Gasteiger partial charge is 0.480 e. The van der Waals surface area contributed by atoms with Gasteiger partial charge in [0.15, 0.2) is 6.04 Å². The van der Waals surface area contributed by atoms with E-state index in [2.05, 4.69) is 5.32 Å². The van der Waals surface area contributed by atoms with Crippen LogP contribution in [0.3, 0.4) is 0 Å². The van der Waals surface area contributed by atoms with Gasteiger partial charge in [0.1, 0.15) is 0 Å². The van der Waals surface area contributed by atoms with Gasteiger partial charge in [0.25, 0.3) is 5.91 Å². The van der Waals surface area contributed by atoms with Crippen LogP contribution in [-0.4, -0.2) is 60.0 Å². The maximum Gasteiger partial charge on any atom is 0.328 e. The minimum absolute atomic E-state index is 0.0187. The van der Waals surface area contributed by atoms with Crippen molar-refractivity contribution in [3.05, 3.63) is 28.8 Å². The lowest BCUT2D eigenvalue weighted by Gasteiger charge is -2.26. The fourth-order valence-corrected chi connectivity index (χ4v) is 4.45. The summed E-state index contributed by atoms with van der Waals surface area (Å²) in [7, 11) is -3.77. The first-order valence-electron chi connectivity index (χ1n) is 8.16. The highest BCUT2D eigenvalue weighted by Gasteiger charge is 2.29. The van der Waals surface area contributed by atoms with Crippen LogP contribution in [0.25, 0.3) is 0 Å². The lowest BCUT2D eigenvalue weighted by Crippen LogP contribution is -2.47. The molecule has 8 nitrogen and oxygen atoms in total. The highest BCUT2D eigenvalue weighted by Crippen LogP contribution is 2.25. The van der Waals surface area contributed by atoms with E-state index >= 15 is 0 Å². The number of hydrogen-bond donors (Lipinski definition) is 3. The highest BCUT2D eigenvalue weighted by atomic mass is 35.5. The number of aliphatic hydroxyl groups is 1. The molecular formula is C16H21ClN2O6S. The second-order valence-corrected chi connectivity index (χ2v) is 8.48. The third kappa shape index (κ3) is 4.53. The van der Waals surface area contributed by atoms with Gasteiger partial charge in [0.05, 0.1) is 21.6 Å². The third-order valence-electron chi connectivity index (χ3n) is 4.17. The Balaban J connectivity index is 2.31. The molecule has 1 saturated heterocycles. The van der Waals surface area contributed by atoms with Gasteiger partial charge in [-0.15, -0.1) is 0 Å². The Hall–Kier alpha value is -1.68. The molecule has 1 heterocycles. The first-order valence-corrected chi connectivity index (χ1v) is 9.98. The molecule has 1 aromatic rings. The molecule has 26 heavy (non-hydrogen) atoms. The molecule has 1 fully saturated rings. The predicted molar refractivity (Wildman–Crippen MR) is 94.6 cm³/mol. The molecule has 0 unspecified atom stereocenters. The lowest BCUT2D eigenvalue weighted by atomic mass is 10.1. The normalized spacial score (nSPS) is 18.1. The molecule has 2 rings (SSSR count). The standard InChI is InChI=1S/C16H21ClN2O6S/c1-10(20)14(16(22)23)18-15(21)12-9-11(5-6-13(12)17)26(24,25)19-7-3-2-4-8-19/h5-6,9-10,14,20H,2-4,7-8H2,1H3,(H,18,21)(H,22,23)/t10-,14-/m1/s1. The van der Waals surface area contributed by atoms with Crippen LogP contribution >= 0.6 is 11.6 Å². The molecule has 1 aliphatic heterocycles. The van der Waals surface area contributed by atoms with Gasteiger partial charge in [-0.1, -0.05) is 18.0 Å². The lowest BCUT2D eigenvalue weighted by molar-refractivity contribution is -0.141. The summed E-state index contributed by atoms with van der Waals surface area (Å²) >= 11 is 5.99. The average molecular weight is 405 g/mol. The van der Waals surface area contributed by atoms with Crippen molar-refractivity contribution in [1.29, 1.82) is 0 Å². The third-order valence-corrected chi connectivity index (χ3v) is 6.39. The summed E-state index contributed by atoms with van der Waals surface area (Å²) in [5.74, 6) is -2.29. The van der Waals surface area contributed by atoms with Gasteiger partial charge in [-0.3, -0.25) is 4.79 Å². The second kappa shape index (κ2) is 8.34. The van der Waals surface area contributed by atoms with Crippen LogP contribution < -0.4 is 5.32 Å². The fourth-order valence-electron chi connectivity index (χ4n) is 2.70. The number of carboxylic acid groups (broad SMARTS) is 1. The molecule has 144 valence electrons. The molecule has 1 amide bonds. The van der Waals surface area contributed by atoms with Crippen molar-refractivity contribution >= 4 is 33.5 Å². The molecule has 0 aliphatic carbocycles. The van der Waals surface area contributed by atoms with E-state index in [1.807, 2.05) is 0 Å². The summed E-state index contributed by atoms with van der Waals surface area (Å²) in [6, 6.07) is 2.18. The molecule has 1 aromatic carbocycles. The number of sulfonamides is 1. The molecule has 2 atom stereocenters. The number of hydrogen-bond acceptors (Lipinski definition) is 5. The minimum atomic E-state index is -3.77. The maximum atomic E-state index is 12.7. The summed E-state index contributed by atoms with van der Waals surface area (Å²) in [4.78, 5) is 23.4. The van der Waals surface area contributed by atoms with Crippen molar-refractivity contribution in [2.75, 3.05) is 13.1 Å². The van der Waals surface area contributed by atoms with Gasteiger partial charge in [-0.25, -0.2) is 13.2 Å². The number of benzene rings is 1. The van der Waals surface area contributed by atoms with Gasteiger partial charge in [0.2, 0.25) is 10.0 Å². The number of rotatable bonds is 6. The first-order chi connectivity index (χ1) is 12.1. The number of carbonyl (C=O) groups excluding carboxylic acids is 1. The van der Waals surface area contributed by atoms with E-state index in [1.165, 1.54) is 23.4 Å². The van der Waals surface area contributed by atoms with Crippen molar-refractivity contribution in [3.8, 4) is 0 Å². The highest BCUT2D eigenvalue weighted by molar-refractivity contribution is 7.89.